The average Bonchev–Trinajstić information content (AvgIpc) is 3.15. The molecule has 9 heteroatoms. The third kappa shape index (κ3) is 4.35. The van der Waals surface area contributed by atoms with Crippen LogP contribution >= 0.6 is 11.6 Å². The SMILES string of the molecule is O=C(N[C@@H]1CS(=O)(=O)C[C@@H]1NC(=O)C1CCCC1)c1ccc(F)cc1Cl. The standard InChI is InChI=1S/C17H20ClFN2O4S/c18-13-7-11(19)5-6-12(13)17(23)21-15-9-26(24,25)8-14(15)20-16(22)10-3-1-2-4-10/h5-7,10,14-15H,1-4,8-9H2,(H,20,22)(H,21,23)/t14-,15+/m0/s1. The third-order valence-corrected chi connectivity index (χ3v) is 6.95. The molecular formula is C17H20ClFN2O4S. The molecule has 2 amide bonds. The summed E-state index contributed by atoms with van der Waals surface area (Å²) in [4.78, 5) is 24.7. The molecule has 1 aromatic rings. The number of rotatable bonds is 4. The van der Waals surface area contributed by atoms with Gasteiger partial charge in [0.15, 0.2) is 9.84 Å². The molecule has 0 spiro atoms. The lowest BCUT2D eigenvalue weighted by atomic mass is 10.1. The molecule has 1 aromatic carbocycles. The summed E-state index contributed by atoms with van der Waals surface area (Å²) in [5, 5.41) is 5.34. The normalized spacial score (nSPS) is 25.2. The van der Waals surface area contributed by atoms with Crippen LogP contribution < -0.4 is 10.6 Å². The molecule has 0 radical (unpaired) electrons. The highest BCUT2D eigenvalue weighted by atomic mass is 35.5. The zero-order valence-corrected chi connectivity index (χ0v) is 15.6. The summed E-state index contributed by atoms with van der Waals surface area (Å²) in [6, 6.07) is 1.92. The highest BCUT2D eigenvalue weighted by molar-refractivity contribution is 7.91. The maximum Gasteiger partial charge on any atom is 0.253 e. The minimum Gasteiger partial charge on any atom is -0.350 e. The largest absolute Gasteiger partial charge is 0.350 e. The van der Waals surface area contributed by atoms with E-state index in [1.54, 1.807) is 0 Å². The number of hydrogen-bond acceptors (Lipinski definition) is 4. The number of hydrogen-bond donors (Lipinski definition) is 2. The number of sulfone groups is 1. The molecule has 2 atom stereocenters. The molecule has 1 aliphatic carbocycles. The van der Waals surface area contributed by atoms with E-state index in [2.05, 4.69) is 10.6 Å². The van der Waals surface area contributed by atoms with Crippen molar-refractivity contribution < 1.29 is 22.4 Å². The van der Waals surface area contributed by atoms with Gasteiger partial charge in [-0.05, 0) is 31.0 Å². The molecule has 6 nitrogen and oxygen atoms in total. The Kier molecular flexibility index (Phi) is 5.53. The summed E-state index contributed by atoms with van der Waals surface area (Å²) in [6.45, 7) is 0. The van der Waals surface area contributed by atoms with Gasteiger partial charge in [-0.2, -0.15) is 0 Å². The van der Waals surface area contributed by atoms with Gasteiger partial charge in [0.1, 0.15) is 5.82 Å². The van der Waals surface area contributed by atoms with E-state index in [9.17, 15) is 22.4 Å². The molecule has 1 saturated carbocycles. The lowest BCUT2D eigenvalue weighted by molar-refractivity contribution is -0.125. The predicted molar refractivity (Wildman–Crippen MR) is 95.2 cm³/mol. The van der Waals surface area contributed by atoms with Gasteiger partial charge in [0.05, 0.1) is 34.2 Å². The van der Waals surface area contributed by atoms with Gasteiger partial charge in [0.2, 0.25) is 5.91 Å². The Morgan fingerprint density at radius 3 is 2.31 bits per heavy atom. The van der Waals surface area contributed by atoms with Crippen LogP contribution in [0.5, 0.6) is 0 Å². The summed E-state index contributed by atoms with van der Waals surface area (Å²) in [5.41, 5.74) is 0.0539. The first-order valence-electron chi connectivity index (χ1n) is 8.52. The Labute approximate surface area is 156 Å². The molecular weight excluding hydrogens is 383 g/mol. The number of amides is 2. The van der Waals surface area contributed by atoms with E-state index >= 15 is 0 Å². The molecule has 1 aliphatic heterocycles. The smallest absolute Gasteiger partial charge is 0.253 e. The van der Waals surface area contributed by atoms with Crippen LogP contribution in [0.4, 0.5) is 4.39 Å². The highest BCUT2D eigenvalue weighted by Gasteiger charge is 2.40. The van der Waals surface area contributed by atoms with Crippen molar-refractivity contribution in [2.24, 2.45) is 5.92 Å². The predicted octanol–water partition coefficient (Wildman–Crippen LogP) is 1.68. The van der Waals surface area contributed by atoms with Crippen molar-refractivity contribution >= 4 is 33.3 Å². The summed E-state index contributed by atoms with van der Waals surface area (Å²) in [7, 11) is -3.38. The van der Waals surface area contributed by atoms with Gasteiger partial charge in [-0.3, -0.25) is 9.59 Å². The second-order valence-electron chi connectivity index (χ2n) is 6.88. The van der Waals surface area contributed by atoms with Gasteiger partial charge in [-0.15, -0.1) is 0 Å². The lowest BCUT2D eigenvalue weighted by Crippen LogP contribution is -2.52. The first-order chi connectivity index (χ1) is 12.2. The minimum atomic E-state index is -3.38. The maximum absolute atomic E-state index is 13.1. The second-order valence-corrected chi connectivity index (χ2v) is 9.44. The van der Waals surface area contributed by atoms with Gasteiger partial charge in [-0.25, -0.2) is 12.8 Å². The van der Waals surface area contributed by atoms with Crippen molar-refractivity contribution in [1.29, 1.82) is 0 Å². The number of carbonyl (C=O) groups excluding carboxylic acids is 2. The van der Waals surface area contributed by atoms with E-state index in [-0.39, 0.29) is 33.9 Å². The first-order valence-corrected chi connectivity index (χ1v) is 10.7. The summed E-state index contributed by atoms with van der Waals surface area (Å²) in [6.07, 6.45) is 3.58. The van der Waals surface area contributed by atoms with Crippen LogP contribution in [-0.4, -0.2) is 43.8 Å². The fourth-order valence-corrected chi connectivity index (χ4v) is 5.66. The molecule has 2 fully saturated rings. The fraction of sp³-hybridized carbons (Fsp3) is 0.529. The summed E-state index contributed by atoms with van der Waals surface area (Å²) >= 11 is 5.88. The van der Waals surface area contributed by atoms with Crippen molar-refractivity contribution in [3.05, 3.63) is 34.6 Å². The van der Waals surface area contributed by atoms with Crippen molar-refractivity contribution in [1.82, 2.24) is 10.6 Å². The van der Waals surface area contributed by atoms with E-state index in [0.29, 0.717) is 0 Å². The third-order valence-electron chi connectivity index (χ3n) is 4.90. The van der Waals surface area contributed by atoms with Crippen molar-refractivity contribution in [2.45, 2.75) is 37.8 Å². The zero-order valence-electron chi connectivity index (χ0n) is 14.0. The fourth-order valence-electron chi connectivity index (χ4n) is 3.54. The maximum atomic E-state index is 13.1. The van der Waals surface area contributed by atoms with Gasteiger partial charge >= 0.3 is 0 Å². The quantitative estimate of drug-likeness (QED) is 0.801. The number of carbonyl (C=O) groups is 2. The second kappa shape index (κ2) is 7.52. The van der Waals surface area contributed by atoms with Crippen molar-refractivity contribution in [3.8, 4) is 0 Å². The Bertz CT molecular complexity index is 824. The minimum absolute atomic E-state index is 0.0539. The monoisotopic (exact) mass is 402 g/mol. The number of benzene rings is 1. The first kappa shape index (κ1) is 19.1. The van der Waals surface area contributed by atoms with Crippen LogP contribution in [0, 0.1) is 11.7 Å². The van der Waals surface area contributed by atoms with Crippen LogP contribution in [-0.2, 0) is 14.6 Å². The zero-order chi connectivity index (χ0) is 18.9. The molecule has 2 N–H and O–H groups in total. The van der Waals surface area contributed by atoms with Crippen LogP contribution in [0.1, 0.15) is 36.0 Å². The van der Waals surface area contributed by atoms with Gasteiger partial charge in [0.25, 0.3) is 5.91 Å². The van der Waals surface area contributed by atoms with Crippen molar-refractivity contribution in [2.75, 3.05) is 11.5 Å². The molecule has 26 heavy (non-hydrogen) atoms. The highest BCUT2D eigenvalue weighted by Crippen LogP contribution is 2.25. The molecule has 142 valence electrons. The van der Waals surface area contributed by atoms with E-state index in [1.165, 1.54) is 6.07 Å². The van der Waals surface area contributed by atoms with E-state index in [0.717, 1.165) is 37.8 Å². The van der Waals surface area contributed by atoms with Gasteiger partial charge < -0.3 is 10.6 Å². The van der Waals surface area contributed by atoms with Crippen LogP contribution in [0.15, 0.2) is 18.2 Å². The topological polar surface area (TPSA) is 92.3 Å². The van der Waals surface area contributed by atoms with Crippen LogP contribution in [0.2, 0.25) is 5.02 Å². The van der Waals surface area contributed by atoms with Gasteiger partial charge in [-0.1, -0.05) is 24.4 Å². The molecule has 2 aliphatic rings. The number of halogens is 2. The summed E-state index contributed by atoms with van der Waals surface area (Å²) in [5.74, 6) is -1.90. The van der Waals surface area contributed by atoms with Crippen molar-refractivity contribution in [3.63, 3.8) is 0 Å². The Morgan fingerprint density at radius 2 is 1.69 bits per heavy atom. The lowest BCUT2D eigenvalue weighted by Gasteiger charge is -2.22. The molecule has 3 rings (SSSR count). The molecule has 0 bridgehead atoms. The van der Waals surface area contributed by atoms with Gasteiger partial charge in [0, 0.05) is 5.92 Å². The van der Waals surface area contributed by atoms with Crippen LogP contribution in [0.3, 0.4) is 0 Å². The molecule has 0 unspecified atom stereocenters. The number of nitrogens with one attached hydrogen (secondary N) is 2. The molecule has 1 saturated heterocycles. The Hall–Kier alpha value is -1.67. The Morgan fingerprint density at radius 1 is 1.08 bits per heavy atom. The Balaban J connectivity index is 1.71. The molecule has 1 heterocycles. The van der Waals surface area contributed by atoms with E-state index < -0.39 is 33.6 Å². The van der Waals surface area contributed by atoms with E-state index in [1.807, 2.05) is 0 Å². The average molecular weight is 403 g/mol. The molecule has 0 aromatic heterocycles. The summed E-state index contributed by atoms with van der Waals surface area (Å²) < 4.78 is 37.1. The van der Waals surface area contributed by atoms with Crippen LogP contribution in [0.25, 0.3) is 0 Å². The van der Waals surface area contributed by atoms with E-state index in [4.69, 9.17) is 11.6 Å².